The zero-order chi connectivity index (χ0) is 25.2. The van der Waals surface area contributed by atoms with Crippen LogP contribution in [0, 0.1) is 55.2 Å². The van der Waals surface area contributed by atoms with E-state index in [9.17, 15) is 0 Å². The molecule has 0 amide bonds. The number of hydrogen-bond donors (Lipinski definition) is 0. The maximum Gasteiger partial charge on any atom is -0.0241 e. The van der Waals surface area contributed by atoms with E-state index in [1.54, 1.807) is 0 Å². The summed E-state index contributed by atoms with van der Waals surface area (Å²) in [5, 5.41) is 0. The summed E-state index contributed by atoms with van der Waals surface area (Å²) in [6.45, 7) is 50.1. The van der Waals surface area contributed by atoms with Crippen molar-refractivity contribution in [3.05, 3.63) is 0 Å². The smallest absolute Gasteiger partial charge is 0.0241 e. The van der Waals surface area contributed by atoms with Crippen molar-refractivity contribution in [1.29, 1.82) is 0 Å². The molecular weight excluding hydrogens is 360 g/mol. The summed E-state index contributed by atoms with van der Waals surface area (Å²) in [4.78, 5) is 0. The van der Waals surface area contributed by atoms with Crippen LogP contribution in [0.4, 0.5) is 0 Å². The molecule has 0 saturated heterocycles. The van der Waals surface area contributed by atoms with Crippen molar-refractivity contribution in [2.24, 2.45) is 55.2 Å². The fraction of sp³-hybridized carbons (Fsp3) is 1.00. The van der Waals surface area contributed by atoms with Crippen molar-refractivity contribution < 1.29 is 0 Å². The van der Waals surface area contributed by atoms with Gasteiger partial charge >= 0.3 is 0 Å². The molecule has 0 aromatic heterocycles. The Morgan fingerprint density at radius 3 is 0.533 bits per heavy atom. The third-order valence-electron chi connectivity index (χ3n) is 13.9. The third-order valence-corrected chi connectivity index (χ3v) is 13.9. The molecular formula is C30H62. The van der Waals surface area contributed by atoms with Crippen LogP contribution in [0.2, 0.25) is 0 Å². The van der Waals surface area contributed by atoms with Gasteiger partial charge in [0.2, 0.25) is 0 Å². The van der Waals surface area contributed by atoms with Gasteiger partial charge in [0, 0.05) is 0 Å². The third kappa shape index (κ3) is 3.63. The van der Waals surface area contributed by atoms with Crippen LogP contribution in [0.3, 0.4) is 0 Å². The topological polar surface area (TPSA) is 0 Å². The van der Waals surface area contributed by atoms with Gasteiger partial charge in [-0.3, -0.25) is 0 Å². The lowest BCUT2D eigenvalue weighted by molar-refractivity contribution is -0.219. The Morgan fingerprint density at radius 1 is 0.267 bits per heavy atom. The first kappa shape index (κ1) is 30.0. The Labute approximate surface area is 193 Å². The summed E-state index contributed by atoms with van der Waals surface area (Å²) < 4.78 is 0. The summed E-state index contributed by atoms with van der Waals surface area (Å²) >= 11 is 0. The molecule has 0 saturated carbocycles. The fourth-order valence-electron chi connectivity index (χ4n) is 6.18. The van der Waals surface area contributed by atoms with E-state index >= 15 is 0 Å². The second-order valence-corrected chi connectivity index (χ2v) is 15.5. The van der Waals surface area contributed by atoms with E-state index in [2.05, 4.69) is 138 Å². The Morgan fingerprint density at radius 2 is 0.400 bits per heavy atom. The Kier molecular flexibility index (Phi) is 7.80. The van der Waals surface area contributed by atoms with E-state index in [0.29, 0.717) is 11.8 Å². The van der Waals surface area contributed by atoms with Crippen molar-refractivity contribution >= 4 is 0 Å². The van der Waals surface area contributed by atoms with E-state index < -0.39 is 0 Å². The van der Waals surface area contributed by atoms with E-state index in [1.807, 2.05) is 0 Å². The molecule has 0 heterocycles. The minimum Gasteiger partial charge on any atom is -0.0622 e. The second-order valence-electron chi connectivity index (χ2n) is 15.5. The minimum atomic E-state index is 0.115. The largest absolute Gasteiger partial charge is 0.0622 e. The van der Waals surface area contributed by atoms with Crippen molar-refractivity contribution in [3.8, 4) is 0 Å². The molecule has 0 bridgehead atoms. The van der Waals surface area contributed by atoms with Gasteiger partial charge in [0.15, 0.2) is 0 Å². The quantitative estimate of drug-likeness (QED) is 0.346. The molecule has 182 valence electrons. The van der Waals surface area contributed by atoms with Crippen LogP contribution in [0.15, 0.2) is 0 Å². The Bertz CT molecular complexity index is 532. The lowest BCUT2D eigenvalue weighted by atomic mass is 9.34. The SMILES string of the molecule is CC(C)C(C)(C)C(C)(C)C(C)(C)C(C)(C)C(C)(C)C(C)(C)C(C)(C)C(C)(C)C(C)C. The number of rotatable bonds is 9. The van der Waals surface area contributed by atoms with Crippen LogP contribution in [0.1, 0.15) is 138 Å². The summed E-state index contributed by atoms with van der Waals surface area (Å²) in [5.41, 5.74) is 1.30. The highest BCUT2D eigenvalue weighted by Gasteiger charge is 2.65. The molecule has 0 fully saturated rings. The first-order valence-electron chi connectivity index (χ1n) is 12.6. The average Bonchev–Trinajstić information content (AvgIpc) is 2.52. The average molecular weight is 423 g/mol. The van der Waals surface area contributed by atoms with E-state index in [-0.39, 0.29) is 43.3 Å². The minimum absolute atomic E-state index is 0.115. The van der Waals surface area contributed by atoms with Crippen LogP contribution < -0.4 is 0 Å². The van der Waals surface area contributed by atoms with Crippen LogP contribution in [0.25, 0.3) is 0 Å². The standard InChI is InChI=1S/C30H62/c1-21(2)23(5,6)25(9,10)27(13,14)29(17,18)30(19,20)28(15,16)26(11,12)24(7,8)22(3)4/h21-22H,1-20H3. The first-order chi connectivity index (χ1) is 12.6. The number of hydrogen-bond acceptors (Lipinski definition) is 0. The van der Waals surface area contributed by atoms with Gasteiger partial charge in [-0.15, -0.1) is 0 Å². The highest BCUT2D eigenvalue weighted by Crippen LogP contribution is 2.72. The summed E-state index contributed by atoms with van der Waals surface area (Å²) in [6, 6.07) is 0. The molecule has 0 radical (unpaired) electrons. The van der Waals surface area contributed by atoms with Gasteiger partial charge in [-0.1, -0.05) is 138 Å². The molecule has 0 aliphatic carbocycles. The highest BCUT2D eigenvalue weighted by molar-refractivity contribution is 5.13. The molecule has 30 heavy (non-hydrogen) atoms. The predicted molar refractivity (Wildman–Crippen MR) is 140 cm³/mol. The second kappa shape index (κ2) is 7.80. The lowest BCUT2D eigenvalue weighted by Crippen LogP contribution is -2.64. The van der Waals surface area contributed by atoms with Gasteiger partial charge in [0.1, 0.15) is 0 Å². The fourth-order valence-corrected chi connectivity index (χ4v) is 6.18. The van der Waals surface area contributed by atoms with E-state index in [0.717, 1.165) is 0 Å². The molecule has 0 aliphatic rings. The van der Waals surface area contributed by atoms with Crippen LogP contribution in [0.5, 0.6) is 0 Å². The summed E-state index contributed by atoms with van der Waals surface area (Å²) in [5.74, 6) is 1.27. The van der Waals surface area contributed by atoms with Gasteiger partial charge in [-0.2, -0.15) is 0 Å². The Balaban J connectivity index is 6.82. The lowest BCUT2D eigenvalue weighted by Gasteiger charge is -2.70. The van der Waals surface area contributed by atoms with Gasteiger partial charge in [0.05, 0.1) is 0 Å². The van der Waals surface area contributed by atoms with Gasteiger partial charge in [-0.05, 0) is 55.2 Å². The normalized spacial score (nSPS) is 16.6. The van der Waals surface area contributed by atoms with E-state index in [1.165, 1.54) is 0 Å². The van der Waals surface area contributed by atoms with Crippen LogP contribution >= 0.6 is 0 Å². The highest BCUT2D eigenvalue weighted by atomic mass is 14.7. The zero-order valence-electron chi connectivity index (χ0n) is 25.2. The summed E-state index contributed by atoms with van der Waals surface area (Å²) in [7, 11) is 0. The zero-order valence-corrected chi connectivity index (χ0v) is 25.2. The van der Waals surface area contributed by atoms with Crippen molar-refractivity contribution in [2.45, 2.75) is 138 Å². The van der Waals surface area contributed by atoms with Crippen molar-refractivity contribution in [1.82, 2.24) is 0 Å². The van der Waals surface area contributed by atoms with Gasteiger partial charge in [0.25, 0.3) is 0 Å². The summed E-state index contributed by atoms with van der Waals surface area (Å²) in [6.07, 6.45) is 0. The molecule has 0 atom stereocenters. The van der Waals surface area contributed by atoms with Crippen LogP contribution in [-0.4, -0.2) is 0 Å². The monoisotopic (exact) mass is 422 g/mol. The van der Waals surface area contributed by atoms with E-state index in [4.69, 9.17) is 0 Å². The molecule has 0 heteroatoms. The Hall–Kier alpha value is 0. The maximum absolute atomic E-state index is 2.56. The predicted octanol–water partition coefficient (Wildman–Crippen LogP) is 10.5. The molecule has 0 aliphatic heterocycles. The van der Waals surface area contributed by atoms with Gasteiger partial charge in [-0.25, -0.2) is 0 Å². The molecule has 0 N–H and O–H groups in total. The van der Waals surface area contributed by atoms with Crippen molar-refractivity contribution in [3.63, 3.8) is 0 Å². The van der Waals surface area contributed by atoms with Gasteiger partial charge < -0.3 is 0 Å². The molecule has 0 rings (SSSR count). The molecule has 0 aromatic rings. The molecule has 0 unspecified atom stereocenters. The molecule has 0 spiro atoms. The first-order valence-corrected chi connectivity index (χ1v) is 12.6. The van der Waals surface area contributed by atoms with Crippen molar-refractivity contribution in [2.75, 3.05) is 0 Å². The van der Waals surface area contributed by atoms with Crippen LogP contribution in [-0.2, 0) is 0 Å². The molecule has 0 nitrogen and oxygen atoms in total. The molecule has 0 aromatic carbocycles. The maximum atomic E-state index is 2.56.